The van der Waals surface area contributed by atoms with E-state index < -0.39 is 23.8 Å². The molecule has 1 heterocycles. The number of aliphatic carboxylic acids is 2. The summed E-state index contributed by atoms with van der Waals surface area (Å²) in [5.41, 5.74) is 0.807. The molecule has 0 aromatic heterocycles. The first-order chi connectivity index (χ1) is 9.88. The fourth-order valence-corrected chi connectivity index (χ4v) is 2.99. The quantitative estimate of drug-likeness (QED) is 0.886. The molecule has 0 bridgehead atoms. The second-order valence-electron chi connectivity index (χ2n) is 5.15. The number of piperidine rings is 1. The standard InChI is InChI=1S/C14H15Cl2NO4/c15-9-1-2-12(16)8(5-9)6-17-4-3-10(13(18)19)11(7-17)14(20)21/h1-2,5,10-11H,3-4,6-7H2,(H,18,19)(H,20,21). The fourth-order valence-electron chi connectivity index (χ4n) is 2.61. The monoisotopic (exact) mass is 331 g/mol. The van der Waals surface area contributed by atoms with Crippen molar-refractivity contribution in [2.24, 2.45) is 11.8 Å². The number of benzene rings is 1. The SMILES string of the molecule is O=C(O)C1CCN(Cc2cc(Cl)ccc2Cl)CC1C(=O)O. The summed E-state index contributed by atoms with van der Waals surface area (Å²) in [5, 5.41) is 19.4. The number of likely N-dealkylation sites (tertiary alicyclic amines) is 1. The second kappa shape index (κ2) is 6.64. The summed E-state index contributed by atoms with van der Waals surface area (Å²) in [6, 6.07) is 5.12. The third kappa shape index (κ3) is 3.87. The largest absolute Gasteiger partial charge is 0.481 e. The van der Waals surface area contributed by atoms with Gasteiger partial charge >= 0.3 is 11.9 Å². The normalized spacial score (nSPS) is 23.0. The zero-order valence-electron chi connectivity index (χ0n) is 11.1. The van der Waals surface area contributed by atoms with Crippen LogP contribution in [0.2, 0.25) is 10.0 Å². The number of carbonyl (C=O) groups is 2. The summed E-state index contributed by atoms with van der Waals surface area (Å²) in [5.74, 6) is -3.88. The molecule has 7 heteroatoms. The number of carboxylic acid groups (broad SMARTS) is 2. The zero-order chi connectivity index (χ0) is 15.6. The van der Waals surface area contributed by atoms with E-state index >= 15 is 0 Å². The van der Waals surface area contributed by atoms with Crippen LogP contribution in [-0.4, -0.2) is 40.1 Å². The van der Waals surface area contributed by atoms with Gasteiger partial charge in [0.2, 0.25) is 0 Å². The first-order valence-electron chi connectivity index (χ1n) is 6.50. The van der Waals surface area contributed by atoms with Gasteiger partial charge in [0.05, 0.1) is 11.8 Å². The minimum Gasteiger partial charge on any atom is -0.481 e. The van der Waals surface area contributed by atoms with E-state index in [1.165, 1.54) is 0 Å². The van der Waals surface area contributed by atoms with E-state index in [2.05, 4.69) is 0 Å². The van der Waals surface area contributed by atoms with E-state index in [-0.39, 0.29) is 6.54 Å². The molecule has 1 aliphatic heterocycles. The molecule has 0 saturated carbocycles. The van der Waals surface area contributed by atoms with E-state index in [4.69, 9.17) is 28.3 Å². The molecule has 0 spiro atoms. The molecular formula is C14H15Cl2NO4. The zero-order valence-corrected chi connectivity index (χ0v) is 12.6. The number of nitrogens with zero attached hydrogens (tertiary/aromatic N) is 1. The maximum Gasteiger partial charge on any atom is 0.308 e. The molecule has 5 nitrogen and oxygen atoms in total. The maximum atomic E-state index is 11.3. The molecule has 2 rings (SSSR count). The summed E-state index contributed by atoms with van der Waals surface area (Å²) in [7, 11) is 0. The molecule has 2 N–H and O–H groups in total. The first kappa shape index (κ1) is 16.1. The molecule has 2 atom stereocenters. The Labute approximate surface area is 132 Å². The van der Waals surface area contributed by atoms with Crippen molar-refractivity contribution in [3.63, 3.8) is 0 Å². The Morgan fingerprint density at radius 3 is 2.48 bits per heavy atom. The summed E-state index contributed by atoms with van der Waals surface area (Å²) >= 11 is 12.0. The van der Waals surface area contributed by atoms with Crippen molar-refractivity contribution in [2.75, 3.05) is 13.1 Å². The van der Waals surface area contributed by atoms with Crippen LogP contribution in [0.4, 0.5) is 0 Å². The first-order valence-corrected chi connectivity index (χ1v) is 7.26. The number of halogens is 2. The Morgan fingerprint density at radius 1 is 1.19 bits per heavy atom. The lowest BCUT2D eigenvalue weighted by Gasteiger charge is -2.34. The van der Waals surface area contributed by atoms with Crippen LogP contribution in [-0.2, 0) is 16.1 Å². The Hall–Kier alpha value is -1.30. The van der Waals surface area contributed by atoms with Crippen LogP contribution in [0.25, 0.3) is 0 Å². The predicted octanol–water partition coefficient (Wildman–Crippen LogP) is 2.60. The van der Waals surface area contributed by atoms with Crippen LogP contribution in [0.1, 0.15) is 12.0 Å². The molecule has 0 aliphatic carbocycles. The number of hydrogen-bond donors (Lipinski definition) is 2. The third-order valence-corrected chi connectivity index (χ3v) is 4.34. The van der Waals surface area contributed by atoms with Gasteiger partial charge in [0.1, 0.15) is 0 Å². The van der Waals surface area contributed by atoms with Crippen LogP contribution in [0.3, 0.4) is 0 Å². The second-order valence-corrected chi connectivity index (χ2v) is 5.99. The van der Waals surface area contributed by atoms with Gasteiger partial charge in [-0.15, -0.1) is 0 Å². The number of hydrogen-bond acceptors (Lipinski definition) is 3. The van der Waals surface area contributed by atoms with Crippen molar-refractivity contribution < 1.29 is 19.8 Å². The van der Waals surface area contributed by atoms with E-state index in [1.807, 2.05) is 4.90 Å². The molecule has 21 heavy (non-hydrogen) atoms. The van der Waals surface area contributed by atoms with E-state index in [0.29, 0.717) is 29.6 Å². The van der Waals surface area contributed by atoms with E-state index in [0.717, 1.165) is 5.56 Å². The summed E-state index contributed by atoms with van der Waals surface area (Å²) in [6.07, 6.45) is 0.310. The average Bonchev–Trinajstić information content (AvgIpc) is 2.42. The molecule has 2 unspecified atom stereocenters. The van der Waals surface area contributed by atoms with Crippen LogP contribution >= 0.6 is 23.2 Å². The molecule has 114 valence electrons. The molecular weight excluding hydrogens is 317 g/mol. The summed E-state index contributed by atoms with van der Waals surface area (Å²) < 4.78 is 0. The topological polar surface area (TPSA) is 77.8 Å². The van der Waals surface area contributed by atoms with Crippen molar-refractivity contribution in [2.45, 2.75) is 13.0 Å². The van der Waals surface area contributed by atoms with Crippen LogP contribution < -0.4 is 0 Å². The Kier molecular flexibility index (Phi) is 5.08. The van der Waals surface area contributed by atoms with Gasteiger partial charge in [-0.3, -0.25) is 14.5 Å². The highest BCUT2D eigenvalue weighted by Gasteiger charge is 2.38. The van der Waals surface area contributed by atoms with Crippen molar-refractivity contribution in [3.8, 4) is 0 Å². The lowest BCUT2D eigenvalue weighted by atomic mass is 9.85. The highest BCUT2D eigenvalue weighted by Crippen LogP contribution is 2.28. The lowest BCUT2D eigenvalue weighted by Crippen LogP contribution is -2.46. The maximum absolute atomic E-state index is 11.3. The highest BCUT2D eigenvalue weighted by atomic mass is 35.5. The minimum absolute atomic E-state index is 0.190. The fraction of sp³-hybridized carbons (Fsp3) is 0.429. The van der Waals surface area contributed by atoms with Gasteiger partial charge in [-0.1, -0.05) is 23.2 Å². The molecule has 1 aromatic rings. The average molecular weight is 332 g/mol. The number of carboxylic acids is 2. The van der Waals surface area contributed by atoms with Crippen LogP contribution in [0, 0.1) is 11.8 Å². The highest BCUT2D eigenvalue weighted by molar-refractivity contribution is 6.33. The van der Waals surface area contributed by atoms with Gasteiger partial charge in [-0.2, -0.15) is 0 Å². The minimum atomic E-state index is -1.08. The van der Waals surface area contributed by atoms with Gasteiger partial charge in [0.15, 0.2) is 0 Å². The van der Waals surface area contributed by atoms with Crippen molar-refractivity contribution in [3.05, 3.63) is 33.8 Å². The molecule has 1 saturated heterocycles. The van der Waals surface area contributed by atoms with E-state index in [1.54, 1.807) is 18.2 Å². The van der Waals surface area contributed by atoms with Gasteiger partial charge in [-0.25, -0.2) is 0 Å². The predicted molar refractivity (Wildman–Crippen MR) is 78.6 cm³/mol. The Balaban J connectivity index is 2.11. The molecule has 1 fully saturated rings. The van der Waals surface area contributed by atoms with Crippen LogP contribution in [0.5, 0.6) is 0 Å². The lowest BCUT2D eigenvalue weighted by molar-refractivity contribution is -0.157. The third-order valence-electron chi connectivity index (χ3n) is 3.73. The molecule has 1 aliphatic rings. The van der Waals surface area contributed by atoms with Gasteiger partial charge in [0, 0.05) is 23.1 Å². The van der Waals surface area contributed by atoms with Crippen molar-refractivity contribution >= 4 is 35.1 Å². The smallest absolute Gasteiger partial charge is 0.308 e. The van der Waals surface area contributed by atoms with Gasteiger partial charge < -0.3 is 10.2 Å². The van der Waals surface area contributed by atoms with Gasteiger partial charge in [-0.05, 0) is 36.7 Å². The number of rotatable bonds is 4. The summed E-state index contributed by atoms with van der Waals surface area (Å²) in [4.78, 5) is 24.3. The molecule has 1 aromatic carbocycles. The molecule has 0 radical (unpaired) electrons. The summed E-state index contributed by atoms with van der Waals surface area (Å²) in [6.45, 7) is 1.16. The van der Waals surface area contributed by atoms with Crippen molar-refractivity contribution in [1.29, 1.82) is 0 Å². The van der Waals surface area contributed by atoms with Crippen LogP contribution in [0.15, 0.2) is 18.2 Å². The van der Waals surface area contributed by atoms with Crippen molar-refractivity contribution in [1.82, 2.24) is 4.90 Å². The molecule has 0 amide bonds. The van der Waals surface area contributed by atoms with E-state index in [9.17, 15) is 14.7 Å². The van der Waals surface area contributed by atoms with Gasteiger partial charge in [0.25, 0.3) is 0 Å². The Morgan fingerprint density at radius 2 is 1.86 bits per heavy atom. The Bertz CT molecular complexity index is 564.